The Kier molecular flexibility index (Phi) is 7.89. The highest BCUT2D eigenvalue weighted by molar-refractivity contribution is 9.15. The molecule has 3 aromatic carbocycles. The molecule has 1 heterocycles. The van der Waals surface area contributed by atoms with Crippen LogP contribution in [0.4, 0.5) is 5.69 Å². The Morgan fingerprint density at radius 2 is 1.27 bits per heavy atom. The summed E-state index contributed by atoms with van der Waals surface area (Å²) >= 11 is 13.6. The predicted octanol–water partition coefficient (Wildman–Crippen LogP) is 5.34. The van der Waals surface area contributed by atoms with E-state index in [-0.39, 0.29) is 21.6 Å². The second-order valence-corrected chi connectivity index (χ2v) is 12.4. The molecule has 0 spiro atoms. The van der Waals surface area contributed by atoms with Gasteiger partial charge in [-0.3, -0.25) is 14.4 Å². The zero-order valence-corrected chi connectivity index (χ0v) is 25.7. The van der Waals surface area contributed by atoms with Crippen LogP contribution in [0.25, 0.3) is 0 Å². The van der Waals surface area contributed by atoms with Crippen LogP contribution in [0.5, 0.6) is 0 Å². The van der Waals surface area contributed by atoms with Gasteiger partial charge in [0, 0.05) is 23.5 Å². The van der Waals surface area contributed by atoms with Crippen LogP contribution < -0.4 is 15.5 Å². The molecule has 3 amide bonds. The number of benzene rings is 3. The van der Waals surface area contributed by atoms with Crippen molar-refractivity contribution in [3.8, 4) is 0 Å². The Bertz CT molecular complexity index is 1580. The lowest BCUT2D eigenvalue weighted by Gasteiger charge is -2.14. The molecule has 14 heteroatoms. The van der Waals surface area contributed by atoms with Crippen molar-refractivity contribution in [3.05, 3.63) is 88.7 Å². The van der Waals surface area contributed by atoms with Crippen molar-refractivity contribution in [1.29, 1.82) is 0 Å². The Hall–Kier alpha value is -2.23. The van der Waals surface area contributed by atoms with E-state index in [1.165, 1.54) is 24.3 Å². The molecule has 3 aromatic rings. The first-order valence-corrected chi connectivity index (χ1v) is 14.9. The molecule has 1 aliphatic heterocycles. The van der Waals surface area contributed by atoms with Gasteiger partial charge in [0.1, 0.15) is 0 Å². The standard InChI is InChI=1S/C23H14Br4N4O5S/c1-10(29-30-21(32)12-4-8-14(9-5-12)37(28,35)36)11-2-6-13(7-3-11)31-22(33)15-16(23(31)34)18(25)20(27)19(26)17(15)24/h2-9H,1H3,(H,30,32)(H2,28,35,36)/b29-10+. The second-order valence-electron chi connectivity index (χ2n) is 7.71. The van der Waals surface area contributed by atoms with Gasteiger partial charge in [0.25, 0.3) is 17.7 Å². The van der Waals surface area contributed by atoms with Crippen molar-refractivity contribution in [1.82, 2.24) is 5.43 Å². The van der Waals surface area contributed by atoms with Crippen LogP contribution in [0.15, 0.2) is 76.4 Å². The molecule has 0 saturated heterocycles. The molecule has 0 saturated carbocycles. The fourth-order valence-corrected chi connectivity index (χ4v) is 6.47. The molecule has 0 aromatic heterocycles. The minimum absolute atomic E-state index is 0.109. The first kappa shape index (κ1) is 27.8. The van der Waals surface area contributed by atoms with Crippen LogP contribution in [0.3, 0.4) is 0 Å². The monoisotopic (exact) mass is 774 g/mol. The third-order valence-corrected chi connectivity index (χ3v) is 11.1. The number of halogens is 4. The zero-order chi connectivity index (χ0) is 27.2. The highest BCUT2D eigenvalue weighted by Crippen LogP contribution is 2.46. The first-order valence-electron chi connectivity index (χ1n) is 10.2. The molecule has 0 unspecified atom stereocenters. The number of fused-ring (bicyclic) bond motifs is 1. The van der Waals surface area contributed by atoms with Gasteiger partial charge in [0.05, 0.1) is 27.4 Å². The second kappa shape index (κ2) is 10.5. The quantitative estimate of drug-likeness (QED) is 0.119. The van der Waals surface area contributed by atoms with Crippen LogP contribution >= 0.6 is 63.7 Å². The molecule has 9 nitrogen and oxygen atoms in total. The van der Waals surface area contributed by atoms with Crippen LogP contribution in [-0.4, -0.2) is 31.9 Å². The van der Waals surface area contributed by atoms with E-state index in [0.717, 1.165) is 4.90 Å². The molecular formula is C23H14Br4N4O5S. The average Bonchev–Trinajstić information content (AvgIpc) is 3.14. The van der Waals surface area contributed by atoms with E-state index in [4.69, 9.17) is 5.14 Å². The van der Waals surface area contributed by atoms with Crippen molar-refractivity contribution >= 4 is 103 Å². The van der Waals surface area contributed by atoms with E-state index in [0.29, 0.717) is 34.9 Å². The number of anilines is 1. The summed E-state index contributed by atoms with van der Waals surface area (Å²) in [5, 5.41) is 9.14. The largest absolute Gasteiger partial charge is 0.271 e. The molecule has 0 atom stereocenters. The molecule has 0 radical (unpaired) electrons. The van der Waals surface area contributed by atoms with E-state index in [1.54, 1.807) is 31.2 Å². The van der Waals surface area contributed by atoms with Gasteiger partial charge in [0.2, 0.25) is 10.0 Å². The SMILES string of the molecule is C/C(=N\NC(=O)c1ccc(S(N)(=O)=O)cc1)c1ccc(N2C(=O)c3c(Br)c(Br)c(Br)c(Br)c3C2=O)cc1. The van der Waals surface area contributed by atoms with Gasteiger partial charge < -0.3 is 0 Å². The van der Waals surface area contributed by atoms with Crippen LogP contribution in [0.1, 0.15) is 43.6 Å². The number of nitrogens with zero attached hydrogens (tertiary/aromatic N) is 2. The number of sulfonamides is 1. The molecule has 37 heavy (non-hydrogen) atoms. The Labute approximate surface area is 245 Å². The molecule has 0 bridgehead atoms. The maximum atomic E-state index is 13.2. The Morgan fingerprint density at radius 1 is 0.811 bits per heavy atom. The number of carbonyl (C=O) groups excluding carboxylic acids is 3. The number of nitrogens with one attached hydrogen (secondary N) is 1. The number of nitrogens with two attached hydrogens (primary N) is 1. The third kappa shape index (κ3) is 5.22. The van der Waals surface area contributed by atoms with E-state index < -0.39 is 27.7 Å². The summed E-state index contributed by atoms with van der Waals surface area (Å²) in [6, 6.07) is 11.7. The summed E-state index contributed by atoms with van der Waals surface area (Å²) in [6.07, 6.45) is 0. The Balaban J connectivity index is 1.53. The lowest BCUT2D eigenvalue weighted by molar-refractivity contribution is 0.0922. The summed E-state index contributed by atoms with van der Waals surface area (Å²) in [5.74, 6) is -1.49. The van der Waals surface area contributed by atoms with Gasteiger partial charge in [-0.2, -0.15) is 5.10 Å². The minimum Gasteiger partial charge on any atom is -0.268 e. The summed E-state index contributed by atoms with van der Waals surface area (Å²) in [6.45, 7) is 1.67. The number of hydrazone groups is 1. The summed E-state index contributed by atoms with van der Waals surface area (Å²) in [4.78, 5) is 39.6. The van der Waals surface area contributed by atoms with Crippen LogP contribution in [0, 0.1) is 0 Å². The highest BCUT2D eigenvalue weighted by Gasteiger charge is 2.41. The number of hydrogen-bond donors (Lipinski definition) is 2. The lowest BCUT2D eigenvalue weighted by atomic mass is 10.1. The van der Waals surface area contributed by atoms with Gasteiger partial charge >= 0.3 is 0 Å². The van der Waals surface area contributed by atoms with Gasteiger partial charge in [-0.1, -0.05) is 12.1 Å². The normalized spacial score (nSPS) is 13.7. The van der Waals surface area contributed by atoms with Crippen molar-refractivity contribution in [3.63, 3.8) is 0 Å². The molecule has 190 valence electrons. The van der Waals surface area contributed by atoms with E-state index >= 15 is 0 Å². The maximum Gasteiger partial charge on any atom is 0.271 e. The van der Waals surface area contributed by atoms with Gasteiger partial charge in [0.15, 0.2) is 0 Å². The predicted molar refractivity (Wildman–Crippen MR) is 152 cm³/mol. The zero-order valence-electron chi connectivity index (χ0n) is 18.6. The smallest absolute Gasteiger partial charge is 0.268 e. The van der Waals surface area contributed by atoms with Crippen molar-refractivity contribution in [2.24, 2.45) is 10.2 Å². The van der Waals surface area contributed by atoms with Crippen molar-refractivity contribution < 1.29 is 22.8 Å². The average molecular weight is 778 g/mol. The number of rotatable bonds is 5. The highest BCUT2D eigenvalue weighted by atomic mass is 79.9. The van der Waals surface area contributed by atoms with Crippen molar-refractivity contribution in [2.45, 2.75) is 11.8 Å². The molecular weight excluding hydrogens is 764 g/mol. The maximum absolute atomic E-state index is 13.2. The van der Waals surface area contributed by atoms with Gasteiger partial charge in [-0.05, 0) is 113 Å². The summed E-state index contributed by atoms with van der Waals surface area (Å²) in [7, 11) is -3.86. The fourth-order valence-electron chi connectivity index (χ4n) is 3.50. The molecule has 0 aliphatic carbocycles. The molecule has 3 N–H and O–H groups in total. The Morgan fingerprint density at radius 3 is 1.73 bits per heavy atom. The topological polar surface area (TPSA) is 139 Å². The van der Waals surface area contributed by atoms with Gasteiger partial charge in [-0.25, -0.2) is 23.9 Å². The molecule has 0 fully saturated rings. The fraction of sp³-hybridized carbons (Fsp3) is 0.0435. The molecule has 1 aliphatic rings. The molecule has 4 rings (SSSR count). The number of hydrogen-bond acceptors (Lipinski definition) is 6. The van der Waals surface area contributed by atoms with Crippen LogP contribution in [0.2, 0.25) is 0 Å². The van der Waals surface area contributed by atoms with E-state index in [1.807, 2.05) is 0 Å². The third-order valence-electron chi connectivity index (χ3n) is 5.41. The van der Waals surface area contributed by atoms with E-state index in [2.05, 4.69) is 74.2 Å². The van der Waals surface area contributed by atoms with Crippen LogP contribution in [-0.2, 0) is 10.0 Å². The lowest BCUT2D eigenvalue weighted by Crippen LogP contribution is -2.29. The number of carbonyl (C=O) groups is 3. The van der Waals surface area contributed by atoms with Crippen molar-refractivity contribution in [2.75, 3.05) is 4.90 Å². The number of imide groups is 1. The number of amides is 3. The minimum atomic E-state index is -3.86. The summed E-state index contributed by atoms with van der Waals surface area (Å²) < 4.78 is 24.8. The first-order chi connectivity index (χ1) is 17.3. The number of primary sulfonamides is 1. The van der Waals surface area contributed by atoms with Gasteiger partial charge in [-0.15, -0.1) is 0 Å². The summed E-state index contributed by atoms with van der Waals surface area (Å²) in [5.41, 5.74) is 4.55. The van der Waals surface area contributed by atoms with E-state index in [9.17, 15) is 22.8 Å².